The largest absolute Gasteiger partial charge is 0.480 e. The predicted molar refractivity (Wildman–Crippen MR) is 77.7 cm³/mol. The van der Waals surface area contributed by atoms with Gasteiger partial charge in [0.05, 0.1) is 17.4 Å². The number of aliphatic carboxylic acids is 1. The number of amides is 1. The number of benzene rings is 1. The molecule has 2 N–H and O–H groups in total. The van der Waals surface area contributed by atoms with Crippen molar-refractivity contribution in [1.29, 1.82) is 0 Å². The van der Waals surface area contributed by atoms with E-state index in [9.17, 15) is 27.2 Å². The van der Waals surface area contributed by atoms with Crippen LogP contribution in [0.25, 0.3) is 5.69 Å². The number of aromatic nitrogens is 2. The molecule has 6 nitrogen and oxygen atoms in total. The molecule has 0 saturated heterocycles. The van der Waals surface area contributed by atoms with Crippen LogP contribution in [0.5, 0.6) is 0 Å². The Balaban J connectivity index is 2.48. The first-order valence-corrected chi connectivity index (χ1v) is 7.10. The molecule has 0 aliphatic heterocycles. The number of hydrogen-bond acceptors (Lipinski definition) is 3. The van der Waals surface area contributed by atoms with Crippen LogP contribution in [0.3, 0.4) is 0 Å². The van der Waals surface area contributed by atoms with Gasteiger partial charge in [-0.2, -0.15) is 18.3 Å². The van der Waals surface area contributed by atoms with Gasteiger partial charge in [-0.15, -0.1) is 0 Å². The maximum absolute atomic E-state index is 13.4. The van der Waals surface area contributed by atoms with E-state index in [1.165, 1.54) is 6.92 Å². The molecule has 1 aromatic carbocycles. The van der Waals surface area contributed by atoms with Gasteiger partial charge in [0, 0.05) is 0 Å². The third kappa shape index (κ3) is 3.95. The summed E-state index contributed by atoms with van der Waals surface area (Å²) in [4.78, 5) is 23.0. The SMILES string of the molecule is CCC(NC(=O)c1cnn(-c2ccc(F)cc2)c1C(F)(F)F)C(=O)O. The van der Waals surface area contributed by atoms with Crippen LogP contribution in [0.15, 0.2) is 30.5 Å². The summed E-state index contributed by atoms with van der Waals surface area (Å²) in [6.07, 6.45) is -4.26. The number of rotatable bonds is 5. The molecule has 25 heavy (non-hydrogen) atoms. The lowest BCUT2D eigenvalue weighted by Gasteiger charge is -2.15. The van der Waals surface area contributed by atoms with Crippen LogP contribution >= 0.6 is 0 Å². The number of nitrogens with one attached hydrogen (secondary N) is 1. The molecule has 0 aliphatic rings. The Morgan fingerprint density at radius 2 is 1.88 bits per heavy atom. The van der Waals surface area contributed by atoms with Gasteiger partial charge < -0.3 is 10.4 Å². The molecule has 1 amide bonds. The van der Waals surface area contributed by atoms with Crippen molar-refractivity contribution in [2.75, 3.05) is 0 Å². The standard InChI is InChI=1S/C15H13F4N3O3/c1-2-11(14(24)25)21-13(23)10-7-20-22(12(10)15(17,18)19)9-5-3-8(16)4-6-9/h3-7,11H,2H2,1H3,(H,21,23)(H,24,25). The lowest BCUT2D eigenvalue weighted by molar-refractivity contribution is -0.143. The van der Waals surface area contributed by atoms with Crippen molar-refractivity contribution < 1.29 is 32.3 Å². The number of halogens is 4. The second-order valence-electron chi connectivity index (χ2n) is 5.07. The van der Waals surface area contributed by atoms with E-state index in [4.69, 9.17) is 5.11 Å². The van der Waals surface area contributed by atoms with Crippen LogP contribution in [-0.4, -0.2) is 32.8 Å². The van der Waals surface area contributed by atoms with Gasteiger partial charge in [-0.1, -0.05) is 6.92 Å². The molecular formula is C15H13F4N3O3. The minimum atomic E-state index is -4.94. The van der Waals surface area contributed by atoms with E-state index in [1.807, 2.05) is 5.32 Å². The fourth-order valence-electron chi connectivity index (χ4n) is 2.14. The molecule has 1 atom stereocenters. The van der Waals surface area contributed by atoms with Crippen LogP contribution in [0.1, 0.15) is 29.4 Å². The molecule has 134 valence electrons. The molecule has 2 rings (SSSR count). The van der Waals surface area contributed by atoms with Crippen molar-refractivity contribution in [2.24, 2.45) is 0 Å². The van der Waals surface area contributed by atoms with Crippen molar-refractivity contribution in [3.05, 3.63) is 47.5 Å². The van der Waals surface area contributed by atoms with E-state index in [2.05, 4.69) is 5.10 Å². The normalized spacial score (nSPS) is 12.7. The van der Waals surface area contributed by atoms with E-state index in [0.717, 1.165) is 24.3 Å². The lowest BCUT2D eigenvalue weighted by Crippen LogP contribution is -2.40. The van der Waals surface area contributed by atoms with Crippen molar-refractivity contribution in [3.8, 4) is 5.69 Å². The number of hydrogen-bond donors (Lipinski definition) is 2. The molecule has 0 spiro atoms. The zero-order valence-corrected chi connectivity index (χ0v) is 12.8. The van der Waals surface area contributed by atoms with Crippen LogP contribution in [0.4, 0.5) is 17.6 Å². The summed E-state index contributed by atoms with van der Waals surface area (Å²) >= 11 is 0. The van der Waals surface area contributed by atoms with E-state index < -0.39 is 41.2 Å². The molecular weight excluding hydrogens is 346 g/mol. The van der Waals surface area contributed by atoms with Gasteiger partial charge in [0.2, 0.25) is 0 Å². The Hall–Kier alpha value is -2.91. The molecule has 1 unspecified atom stereocenters. The number of carboxylic acid groups (broad SMARTS) is 1. The van der Waals surface area contributed by atoms with E-state index in [1.54, 1.807) is 0 Å². The first-order valence-electron chi connectivity index (χ1n) is 7.10. The maximum atomic E-state index is 13.4. The number of alkyl halides is 3. The highest BCUT2D eigenvalue weighted by atomic mass is 19.4. The van der Waals surface area contributed by atoms with Crippen LogP contribution in [0.2, 0.25) is 0 Å². The highest BCUT2D eigenvalue weighted by Crippen LogP contribution is 2.33. The summed E-state index contributed by atoms with van der Waals surface area (Å²) in [6, 6.07) is 2.72. The molecule has 0 fully saturated rings. The molecule has 10 heteroatoms. The highest BCUT2D eigenvalue weighted by molar-refractivity contribution is 5.97. The number of carbonyl (C=O) groups excluding carboxylic acids is 1. The van der Waals surface area contributed by atoms with Crippen LogP contribution in [-0.2, 0) is 11.0 Å². The number of carbonyl (C=O) groups is 2. The zero-order valence-electron chi connectivity index (χ0n) is 12.8. The van der Waals surface area contributed by atoms with Gasteiger partial charge in [-0.05, 0) is 30.7 Å². The first kappa shape index (κ1) is 18.4. The molecule has 0 bridgehead atoms. The highest BCUT2D eigenvalue weighted by Gasteiger charge is 2.41. The molecule has 2 aromatic rings. The third-order valence-corrected chi connectivity index (χ3v) is 3.37. The lowest BCUT2D eigenvalue weighted by atomic mass is 10.1. The average Bonchev–Trinajstić information content (AvgIpc) is 2.98. The summed E-state index contributed by atoms with van der Waals surface area (Å²) in [5.41, 5.74) is -2.30. The van der Waals surface area contributed by atoms with E-state index in [0.29, 0.717) is 10.9 Å². The van der Waals surface area contributed by atoms with Gasteiger partial charge in [0.1, 0.15) is 11.9 Å². The Labute approximate surface area is 139 Å². The average molecular weight is 359 g/mol. The maximum Gasteiger partial charge on any atom is 0.434 e. The summed E-state index contributed by atoms with van der Waals surface area (Å²) < 4.78 is 53.7. The van der Waals surface area contributed by atoms with Gasteiger partial charge in [0.15, 0.2) is 5.69 Å². The number of carboxylic acids is 1. The first-order chi connectivity index (χ1) is 11.6. The molecule has 0 saturated carbocycles. The molecule has 0 radical (unpaired) electrons. The quantitative estimate of drug-likeness (QED) is 0.804. The van der Waals surface area contributed by atoms with Crippen LogP contribution < -0.4 is 5.32 Å². The van der Waals surface area contributed by atoms with Crippen molar-refractivity contribution in [2.45, 2.75) is 25.6 Å². The van der Waals surface area contributed by atoms with E-state index in [-0.39, 0.29) is 12.1 Å². The fraction of sp³-hybridized carbons (Fsp3) is 0.267. The van der Waals surface area contributed by atoms with Crippen molar-refractivity contribution in [1.82, 2.24) is 15.1 Å². The van der Waals surface area contributed by atoms with E-state index >= 15 is 0 Å². The summed E-state index contributed by atoms with van der Waals surface area (Å²) in [6.45, 7) is 1.46. The Morgan fingerprint density at radius 1 is 1.28 bits per heavy atom. The number of nitrogens with zero attached hydrogens (tertiary/aromatic N) is 2. The minimum Gasteiger partial charge on any atom is -0.480 e. The topological polar surface area (TPSA) is 84.2 Å². The van der Waals surface area contributed by atoms with Gasteiger partial charge in [-0.25, -0.2) is 13.9 Å². The Morgan fingerprint density at radius 3 is 2.36 bits per heavy atom. The molecule has 0 aliphatic carbocycles. The summed E-state index contributed by atoms with van der Waals surface area (Å²) in [5.74, 6) is -3.22. The molecule has 1 heterocycles. The second-order valence-corrected chi connectivity index (χ2v) is 5.07. The predicted octanol–water partition coefficient (Wildman–Crippen LogP) is 2.62. The fourth-order valence-corrected chi connectivity index (χ4v) is 2.14. The third-order valence-electron chi connectivity index (χ3n) is 3.37. The van der Waals surface area contributed by atoms with Crippen molar-refractivity contribution >= 4 is 11.9 Å². The minimum absolute atomic E-state index is 0.00543. The van der Waals surface area contributed by atoms with Gasteiger partial charge in [-0.3, -0.25) is 4.79 Å². The summed E-state index contributed by atoms with van der Waals surface area (Å²) in [7, 11) is 0. The second kappa shape index (κ2) is 6.91. The van der Waals surface area contributed by atoms with Gasteiger partial charge >= 0.3 is 12.1 Å². The Bertz CT molecular complexity index is 784. The summed E-state index contributed by atoms with van der Waals surface area (Å²) in [5, 5.41) is 14.5. The zero-order chi connectivity index (χ0) is 18.8. The van der Waals surface area contributed by atoms with Crippen molar-refractivity contribution in [3.63, 3.8) is 0 Å². The Kier molecular flexibility index (Phi) is 5.10. The van der Waals surface area contributed by atoms with Gasteiger partial charge in [0.25, 0.3) is 5.91 Å². The monoisotopic (exact) mass is 359 g/mol. The van der Waals surface area contributed by atoms with Crippen LogP contribution in [0, 0.1) is 5.82 Å². The smallest absolute Gasteiger partial charge is 0.434 e. The molecule has 1 aromatic heterocycles.